The van der Waals surface area contributed by atoms with E-state index in [0.717, 1.165) is 16.9 Å². The molecule has 0 atom stereocenters. The third-order valence-corrected chi connectivity index (χ3v) is 2.15. The molecule has 0 unspecified atom stereocenters. The van der Waals surface area contributed by atoms with Crippen LogP contribution in [-0.4, -0.2) is 15.1 Å². The molecule has 0 radical (unpaired) electrons. The topological polar surface area (TPSA) is 60.9 Å². The minimum Gasteiger partial charge on any atom is -0.392 e. The van der Waals surface area contributed by atoms with E-state index in [4.69, 9.17) is 5.11 Å². The van der Waals surface area contributed by atoms with Crippen LogP contribution in [-0.2, 0) is 13.2 Å². The number of imidazole rings is 1. The summed E-state index contributed by atoms with van der Waals surface area (Å²) in [5.41, 5.74) is 2.94. The van der Waals surface area contributed by atoms with Crippen LogP contribution in [0.25, 0.3) is 0 Å². The van der Waals surface area contributed by atoms with Crippen LogP contribution in [0.1, 0.15) is 11.3 Å². The number of benzene rings is 1. The average molecular weight is 203 g/mol. The summed E-state index contributed by atoms with van der Waals surface area (Å²) >= 11 is 0. The van der Waals surface area contributed by atoms with Gasteiger partial charge in [0.2, 0.25) is 0 Å². The number of aliphatic hydroxyl groups is 1. The van der Waals surface area contributed by atoms with Crippen LogP contribution in [0, 0.1) is 0 Å². The van der Waals surface area contributed by atoms with E-state index in [1.807, 2.05) is 24.3 Å². The highest BCUT2D eigenvalue weighted by Crippen LogP contribution is 2.11. The lowest BCUT2D eigenvalue weighted by Crippen LogP contribution is -1.99. The van der Waals surface area contributed by atoms with Crippen LogP contribution in [0.5, 0.6) is 0 Å². The fraction of sp³-hybridized carbons (Fsp3) is 0.182. The van der Waals surface area contributed by atoms with Crippen molar-refractivity contribution < 1.29 is 5.11 Å². The second-order valence-corrected chi connectivity index (χ2v) is 3.29. The number of anilines is 1. The van der Waals surface area contributed by atoms with Crippen molar-refractivity contribution in [3.05, 3.63) is 48.0 Å². The molecule has 0 fully saturated rings. The van der Waals surface area contributed by atoms with E-state index in [9.17, 15) is 0 Å². The smallest absolute Gasteiger partial charge is 0.0922 e. The first kappa shape index (κ1) is 9.73. The average Bonchev–Trinajstić information content (AvgIpc) is 2.79. The first-order chi connectivity index (χ1) is 7.38. The van der Waals surface area contributed by atoms with Crippen molar-refractivity contribution in [1.82, 2.24) is 9.97 Å². The van der Waals surface area contributed by atoms with Crippen LogP contribution in [0.4, 0.5) is 5.69 Å². The summed E-state index contributed by atoms with van der Waals surface area (Å²) in [6.07, 6.45) is 3.43. The van der Waals surface area contributed by atoms with Crippen molar-refractivity contribution in [1.29, 1.82) is 0 Å². The van der Waals surface area contributed by atoms with Crippen LogP contribution >= 0.6 is 0 Å². The van der Waals surface area contributed by atoms with E-state index in [1.54, 1.807) is 12.5 Å². The molecule has 0 saturated heterocycles. The van der Waals surface area contributed by atoms with Crippen molar-refractivity contribution in [3.63, 3.8) is 0 Å². The first-order valence-electron chi connectivity index (χ1n) is 4.79. The van der Waals surface area contributed by atoms with Gasteiger partial charge in [0.1, 0.15) is 0 Å². The van der Waals surface area contributed by atoms with Gasteiger partial charge in [-0.05, 0) is 17.7 Å². The van der Waals surface area contributed by atoms with Gasteiger partial charge in [-0.1, -0.05) is 12.1 Å². The van der Waals surface area contributed by atoms with E-state index >= 15 is 0 Å². The van der Waals surface area contributed by atoms with Gasteiger partial charge < -0.3 is 15.4 Å². The third kappa shape index (κ3) is 2.57. The molecule has 2 aromatic rings. The molecule has 0 bridgehead atoms. The molecular weight excluding hydrogens is 190 g/mol. The Morgan fingerprint density at radius 3 is 3.07 bits per heavy atom. The van der Waals surface area contributed by atoms with Gasteiger partial charge in [0.25, 0.3) is 0 Å². The maximum Gasteiger partial charge on any atom is 0.0922 e. The molecule has 0 spiro atoms. The lowest BCUT2D eigenvalue weighted by molar-refractivity contribution is 0.282. The zero-order valence-corrected chi connectivity index (χ0v) is 8.27. The van der Waals surface area contributed by atoms with Gasteiger partial charge in [0, 0.05) is 11.9 Å². The van der Waals surface area contributed by atoms with Gasteiger partial charge in [-0.25, -0.2) is 4.98 Å². The molecule has 15 heavy (non-hydrogen) atoms. The molecule has 78 valence electrons. The number of H-pyrrole nitrogens is 1. The molecule has 3 N–H and O–H groups in total. The molecule has 0 aliphatic rings. The van der Waals surface area contributed by atoms with Gasteiger partial charge in [0.05, 0.1) is 25.2 Å². The van der Waals surface area contributed by atoms with E-state index in [2.05, 4.69) is 15.3 Å². The van der Waals surface area contributed by atoms with Crippen LogP contribution in [0.15, 0.2) is 36.8 Å². The van der Waals surface area contributed by atoms with E-state index < -0.39 is 0 Å². The second kappa shape index (κ2) is 4.61. The normalized spacial score (nSPS) is 10.2. The van der Waals surface area contributed by atoms with Gasteiger partial charge in [0.15, 0.2) is 0 Å². The second-order valence-electron chi connectivity index (χ2n) is 3.29. The maximum atomic E-state index is 8.97. The highest BCUT2D eigenvalue weighted by molar-refractivity contribution is 5.45. The van der Waals surface area contributed by atoms with E-state index in [0.29, 0.717) is 6.54 Å². The quantitative estimate of drug-likeness (QED) is 0.706. The predicted octanol–water partition coefficient (Wildman–Crippen LogP) is 1.51. The third-order valence-electron chi connectivity index (χ3n) is 2.15. The number of nitrogens with one attached hydrogen (secondary N) is 2. The minimum absolute atomic E-state index is 0.0690. The molecule has 0 saturated carbocycles. The standard InChI is InChI=1S/C11H13N3O/c15-7-9-2-1-3-10(4-9)13-6-11-5-12-8-14-11/h1-5,8,13,15H,6-7H2,(H,12,14). The minimum atomic E-state index is 0.0690. The monoisotopic (exact) mass is 203 g/mol. The Morgan fingerprint density at radius 2 is 2.33 bits per heavy atom. The number of hydrogen-bond acceptors (Lipinski definition) is 3. The summed E-state index contributed by atoms with van der Waals surface area (Å²) in [4.78, 5) is 6.95. The molecule has 4 heteroatoms. The summed E-state index contributed by atoms with van der Waals surface area (Å²) in [5, 5.41) is 12.2. The summed E-state index contributed by atoms with van der Waals surface area (Å²) in [6.45, 7) is 0.772. The predicted molar refractivity (Wildman–Crippen MR) is 58.3 cm³/mol. The molecule has 1 aromatic heterocycles. The number of aliphatic hydroxyl groups excluding tert-OH is 1. The van der Waals surface area contributed by atoms with Crippen molar-refractivity contribution in [3.8, 4) is 0 Å². The molecule has 0 aliphatic heterocycles. The van der Waals surface area contributed by atoms with Gasteiger partial charge in [-0.3, -0.25) is 0 Å². The molecule has 0 aliphatic carbocycles. The first-order valence-corrected chi connectivity index (χ1v) is 4.79. The fourth-order valence-corrected chi connectivity index (χ4v) is 1.36. The summed E-state index contributed by atoms with van der Waals surface area (Å²) < 4.78 is 0. The Hall–Kier alpha value is -1.81. The Morgan fingerprint density at radius 1 is 1.40 bits per heavy atom. The molecular formula is C11H13N3O. The SMILES string of the molecule is OCc1cccc(NCc2cnc[nH]2)c1. The van der Waals surface area contributed by atoms with Crippen LogP contribution in [0.3, 0.4) is 0 Å². The number of hydrogen-bond donors (Lipinski definition) is 3. The van der Waals surface area contributed by atoms with Crippen molar-refractivity contribution >= 4 is 5.69 Å². The van der Waals surface area contributed by atoms with E-state index in [-0.39, 0.29) is 6.61 Å². The van der Waals surface area contributed by atoms with Crippen molar-refractivity contribution in [2.24, 2.45) is 0 Å². The zero-order chi connectivity index (χ0) is 10.5. The number of rotatable bonds is 4. The Kier molecular flexibility index (Phi) is 2.99. The molecule has 1 aromatic carbocycles. The zero-order valence-electron chi connectivity index (χ0n) is 8.27. The fourth-order valence-electron chi connectivity index (χ4n) is 1.36. The van der Waals surface area contributed by atoms with Crippen molar-refractivity contribution in [2.75, 3.05) is 5.32 Å². The summed E-state index contributed by atoms with van der Waals surface area (Å²) in [5.74, 6) is 0. The molecule has 2 rings (SSSR count). The Balaban J connectivity index is 1.98. The lowest BCUT2D eigenvalue weighted by Gasteiger charge is -2.05. The summed E-state index contributed by atoms with van der Waals surface area (Å²) in [6, 6.07) is 7.70. The van der Waals surface area contributed by atoms with Gasteiger partial charge >= 0.3 is 0 Å². The molecule has 1 heterocycles. The largest absolute Gasteiger partial charge is 0.392 e. The highest BCUT2D eigenvalue weighted by Gasteiger charge is 1.96. The lowest BCUT2D eigenvalue weighted by atomic mass is 10.2. The van der Waals surface area contributed by atoms with Gasteiger partial charge in [-0.15, -0.1) is 0 Å². The number of aromatic amines is 1. The van der Waals surface area contributed by atoms with Crippen molar-refractivity contribution in [2.45, 2.75) is 13.2 Å². The Bertz CT molecular complexity index is 412. The van der Waals surface area contributed by atoms with Gasteiger partial charge in [-0.2, -0.15) is 0 Å². The number of aromatic nitrogens is 2. The maximum absolute atomic E-state index is 8.97. The van der Waals surface area contributed by atoms with Crippen LogP contribution in [0.2, 0.25) is 0 Å². The summed E-state index contributed by atoms with van der Waals surface area (Å²) in [7, 11) is 0. The van der Waals surface area contributed by atoms with E-state index in [1.165, 1.54) is 0 Å². The highest BCUT2D eigenvalue weighted by atomic mass is 16.3. The molecule has 4 nitrogen and oxygen atoms in total. The van der Waals surface area contributed by atoms with Crippen LogP contribution < -0.4 is 5.32 Å². The number of nitrogens with zero attached hydrogens (tertiary/aromatic N) is 1. The molecule has 0 amide bonds. The Labute approximate surface area is 88.0 Å².